The van der Waals surface area contributed by atoms with Gasteiger partial charge in [0.25, 0.3) is 5.91 Å². The van der Waals surface area contributed by atoms with Crippen LogP contribution in [0.25, 0.3) is 0 Å². The number of aliphatic imine (C=N–C) groups is 1. The fourth-order valence-electron chi connectivity index (χ4n) is 7.24. The SMILES string of the molecule is C[C@@H]1[C@@H](/N=C(/Nc2ccc(C(=O)N[C@H](CO)Cc3ccc(Cl)cc3Cl)cn2)N2C[C@@H](C)N[C@@H](C)C2)C[C@H]2C[C@@H]1C2(C)C. The number of pyridine rings is 1. The highest BCUT2D eigenvalue weighted by molar-refractivity contribution is 6.35. The molecular formula is C32H44Cl2N6O2. The van der Waals surface area contributed by atoms with Gasteiger partial charge in [0.15, 0.2) is 5.96 Å². The standard InChI is InChI=1S/C32H44Cl2N6O2/c1-18-15-40(16-19(2)36-18)31(38-28-12-23-11-26(20(28)3)32(23,4)5)39-29-9-7-22(14-35-29)30(42)37-25(17-41)10-21-6-8-24(33)13-27(21)34/h6-9,13-14,18-20,23,25-26,28,36,41H,10-12,15-17H2,1-5H3,(H,37,42)(H,35,38,39)/t18-,19+,20-,23+,25-,26-,28-/m0/s1. The number of benzene rings is 1. The zero-order valence-electron chi connectivity index (χ0n) is 25.2. The van der Waals surface area contributed by atoms with E-state index in [9.17, 15) is 9.90 Å². The van der Waals surface area contributed by atoms with Gasteiger partial charge in [-0.25, -0.2) is 9.98 Å². The molecule has 1 aliphatic heterocycles. The molecule has 4 aliphatic rings. The largest absolute Gasteiger partial charge is 0.394 e. The Bertz CT molecular complexity index is 1290. The fraction of sp³-hybridized carbons (Fsp3) is 0.594. The number of halogens is 2. The molecule has 228 valence electrons. The summed E-state index contributed by atoms with van der Waals surface area (Å²) < 4.78 is 0. The van der Waals surface area contributed by atoms with Gasteiger partial charge in [0.2, 0.25) is 0 Å². The van der Waals surface area contributed by atoms with E-state index in [2.05, 4.69) is 60.5 Å². The molecule has 0 spiro atoms. The second-order valence-electron chi connectivity index (χ2n) is 13.2. The number of fused-ring (bicyclic) bond motifs is 2. The summed E-state index contributed by atoms with van der Waals surface area (Å²) in [4.78, 5) is 25.3. The molecule has 4 fully saturated rings. The van der Waals surface area contributed by atoms with Crippen LogP contribution in [0.3, 0.4) is 0 Å². The summed E-state index contributed by atoms with van der Waals surface area (Å²) in [5, 5.41) is 21.0. The number of hydrogen-bond acceptors (Lipinski definition) is 5. The number of hydrogen-bond donors (Lipinski definition) is 4. The minimum atomic E-state index is -0.502. The Morgan fingerprint density at radius 2 is 1.90 bits per heavy atom. The minimum Gasteiger partial charge on any atom is -0.394 e. The summed E-state index contributed by atoms with van der Waals surface area (Å²) in [5.74, 6) is 3.15. The first-order chi connectivity index (χ1) is 19.9. The zero-order valence-corrected chi connectivity index (χ0v) is 26.7. The number of piperazine rings is 1. The zero-order chi connectivity index (χ0) is 30.2. The number of nitrogens with zero attached hydrogens (tertiary/aromatic N) is 3. The third-order valence-corrected chi connectivity index (χ3v) is 10.3. The topological polar surface area (TPSA) is 102 Å². The maximum atomic E-state index is 13.0. The Balaban J connectivity index is 1.28. The van der Waals surface area contributed by atoms with Gasteiger partial charge in [-0.2, -0.15) is 0 Å². The van der Waals surface area contributed by atoms with Crippen LogP contribution in [0.2, 0.25) is 10.0 Å². The van der Waals surface area contributed by atoms with Crippen molar-refractivity contribution in [1.82, 2.24) is 20.5 Å². The second-order valence-corrected chi connectivity index (χ2v) is 14.0. The Kier molecular flexibility index (Phi) is 9.38. The number of guanidine groups is 1. The lowest BCUT2D eigenvalue weighted by atomic mass is 9.45. The van der Waals surface area contributed by atoms with Gasteiger partial charge in [-0.15, -0.1) is 0 Å². The lowest BCUT2D eigenvalue weighted by Crippen LogP contribution is -2.59. The van der Waals surface area contributed by atoms with Crippen molar-refractivity contribution in [1.29, 1.82) is 0 Å². The van der Waals surface area contributed by atoms with Gasteiger partial charge in [-0.3, -0.25) is 4.79 Å². The van der Waals surface area contributed by atoms with Crippen molar-refractivity contribution in [2.45, 2.75) is 78.0 Å². The minimum absolute atomic E-state index is 0.225. The molecule has 0 radical (unpaired) electrons. The number of carbonyl (C=O) groups excluding carboxylic acids is 1. The van der Waals surface area contributed by atoms with Crippen LogP contribution in [0.1, 0.15) is 63.4 Å². The second kappa shape index (κ2) is 12.7. The van der Waals surface area contributed by atoms with Crippen LogP contribution in [-0.4, -0.2) is 70.7 Å². The van der Waals surface area contributed by atoms with Crippen molar-refractivity contribution in [2.24, 2.45) is 28.2 Å². The van der Waals surface area contributed by atoms with E-state index in [1.807, 2.05) is 6.07 Å². The van der Waals surface area contributed by atoms with Crippen molar-refractivity contribution in [3.05, 3.63) is 57.7 Å². The molecule has 1 amide bonds. The van der Waals surface area contributed by atoms with Crippen LogP contribution in [-0.2, 0) is 6.42 Å². The molecule has 0 unspecified atom stereocenters. The molecule has 2 bridgehead atoms. The molecule has 4 N–H and O–H groups in total. The van der Waals surface area contributed by atoms with Gasteiger partial charge in [0.1, 0.15) is 5.82 Å². The quantitative estimate of drug-likeness (QED) is 0.251. The molecule has 10 heteroatoms. The number of aromatic nitrogens is 1. The fourth-order valence-corrected chi connectivity index (χ4v) is 7.73. The molecule has 2 heterocycles. The Morgan fingerprint density at radius 3 is 2.50 bits per heavy atom. The molecule has 8 nitrogen and oxygen atoms in total. The monoisotopic (exact) mass is 614 g/mol. The van der Waals surface area contributed by atoms with Gasteiger partial charge >= 0.3 is 0 Å². The summed E-state index contributed by atoms with van der Waals surface area (Å²) in [6, 6.07) is 9.23. The smallest absolute Gasteiger partial charge is 0.253 e. The molecular weight excluding hydrogens is 571 g/mol. The van der Waals surface area contributed by atoms with Crippen molar-refractivity contribution in [2.75, 3.05) is 25.0 Å². The molecule has 1 saturated heterocycles. The number of carbonyl (C=O) groups is 1. The molecule has 1 aromatic carbocycles. The van der Waals surface area contributed by atoms with Gasteiger partial charge in [0, 0.05) is 41.4 Å². The number of aliphatic hydroxyl groups is 1. The number of anilines is 1. The van der Waals surface area contributed by atoms with E-state index in [0.29, 0.717) is 57.2 Å². The summed E-state index contributed by atoms with van der Waals surface area (Å²) in [6.07, 6.45) is 4.38. The lowest BCUT2D eigenvalue weighted by molar-refractivity contribution is -0.108. The molecule has 42 heavy (non-hydrogen) atoms. The summed E-state index contributed by atoms with van der Waals surface area (Å²) >= 11 is 12.3. The van der Waals surface area contributed by atoms with Crippen molar-refractivity contribution < 1.29 is 9.90 Å². The molecule has 2 aromatic rings. The number of amides is 1. The highest BCUT2D eigenvalue weighted by atomic mass is 35.5. The van der Waals surface area contributed by atoms with E-state index in [0.717, 1.165) is 37.0 Å². The predicted octanol–water partition coefficient (Wildman–Crippen LogP) is 5.24. The van der Waals surface area contributed by atoms with Gasteiger partial charge < -0.3 is 26.0 Å². The van der Waals surface area contributed by atoms with Gasteiger partial charge in [-0.05, 0) is 86.1 Å². The maximum absolute atomic E-state index is 13.0. The van der Waals surface area contributed by atoms with Crippen molar-refractivity contribution >= 4 is 40.9 Å². The average Bonchev–Trinajstić information content (AvgIpc) is 2.94. The first-order valence-corrected chi connectivity index (χ1v) is 15.9. The highest BCUT2D eigenvalue weighted by Crippen LogP contribution is 2.61. The van der Waals surface area contributed by atoms with E-state index >= 15 is 0 Å². The molecule has 3 saturated carbocycles. The number of nitrogens with one attached hydrogen (secondary N) is 3. The van der Waals surface area contributed by atoms with E-state index < -0.39 is 6.04 Å². The summed E-state index contributed by atoms with van der Waals surface area (Å²) in [6.45, 7) is 13.1. The Morgan fingerprint density at radius 1 is 1.17 bits per heavy atom. The van der Waals surface area contributed by atoms with Gasteiger partial charge in [0.05, 0.1) is 24.3 Å². The molecule has 1 aromatic heterocycles. The van der Waals surface area contributed by atoms with Crippen LogP contribution >= 0.6 is 23.2 Å². The maximum Gasteiger partial charge on any atom is 0.253 e. The molecule has 7 atom stereocenters. The highest BCUT2D eigenvalue weighted by Gasteiger charge is 2.56. The first-order valence-electron chi connectivity index (χ1n) is 15.1. The van der Waals surface area contributed by atoms with Crippen LogP contribution in [0, 0.1) is 23.2 Å². The van der Waals surface area contributed by atoms with E-state index in [1.54, 1.807) is 30.5 Å². The number of aliphatic hydroxyl groups excluding tert-OH is 1. The average molecular weight is 616 g/mol. The third-order valence-electron chi connectivity index (χ3n) is 9.76. The molecule has 3 aliphatic carbocycles. The van der Waals surface area contributed by atoms with E-state index in [4.69, 9.17) is 28.2 Å². The van der Waals surface area contributed by atoms with E-state index in [-0.39, 0.29) is 18.6 Å². The first kappa shape index (κ1) is 31.0. The summed E-state index contributed by atoms with van der Waals surface area (Å²) in [5.41, 5.74) is 1.62. The van der Waals surface area contributed by atoms with E-state index in [1.165, 1.54) is 6.42 Å². The van der Waals surface area contributed by atoms with Crippen LogP contribution in [0.5, 0.6) is 0 Å². The van der Waals surface area contributed by atoms with Crippen LogP contribution < -0.4 is 16.0 Å². The number of rotatable bonds is 7. The Hall–Kier alpha value is -2.39. The summed E-state index contributed by atoms with van der Waals surface area (Å²) in [7, 11) is 0. The van der Waals surface area contributed by atoms with Crippen molar-refractivity contribution in [3.8, 4) is 0 Å². The van der Waals surface area contributed by atoms with Gasteiger partial charge in [-0.1, -0.05) is 50.0 Å². The normalized spacial score (nSPS) is 29.4. The lowest BCUT2D eigenvalue weighted by Gasteiger charge is -2.61. The van der Waals surface area contributed by atoms with Crippen LogP contribution in [0.15, 0.2) is 41.5 Å². The predicted molar refractivity (Wildman–Crippen MR) is 170 cm³/mol. The molecule has 6 rings (SSSR count). The van der Waals surface area contributed by atoms with Crippen molar-refractivity contribution in [3.63, 3.8) is 0 Å². The van der Waals surface area contributed by atoms with Crippen LogP contribution in [0.4, 0.5) is 5.82 Å². The Labute approximate surface area is 259 Å². The third kappa shape index (κ3) is 6.72.